The van der Waals surface area contributed by atoms with Crippen LogP contribution in [-0.4, -0.2) is 17.9 Å². The van der Waals surface area contributed by atoms with Crippen LogP contribution in [0.3, 0.4) is 0 Å². The first-order valence-electron chi connectivity index (χ1n) is 4.17. The third-order valence-corrected chi connectivity index (χ3v) is 1.30. The van der Waals surface area contributed by atoms with Crippen LogP contribution in [0.4, 0.5) is 5.82 Å². The molecule has 0 saturated heterocycles. The summed E-state index contributed by atoms with van der Waals surface area (Å²) in [6.45, 7) is 4.00. The lowest BCUT2D eigenvalue weighted by Crippen LogP contribution is -2.11. The quantitative estimate of drug-likeness (QED) is 0.721. The first kappa shape index (κ1) is 11.4. The topological polar surface area (TPSA) is 68.0 Å². The Labute approximate surface area is 78.2 Å². The number of hydrogen-bond acceptors (Lipinski definition) is 3. The number of carbonyl (C=O) groups excluding carboxylic acids is 1. The molecule has 1 amide bonds. The molecule has 0 aliphatic rings. The predicted molar refractivity (Wildman–Crippen MR) is 53.6 cm³/mol. The molecular weight excluding hydrogens is 166 g/mol. The lowest BCUT2D eigenvalue weighted by atomic mass is 10.2. The third-order valence-electron chi connectivity index (χ3n) is 1.30. The predicted octanol–water partition coefficient (Wildman–Crippen LogP) is 1.25. The summed E-state index contributed by atoms with van der Waals surface area (Å²) in [5.74, 6) is 0.199. The maximum atomic E-state index is 10.6. The molecular formula is C9H15N3O. The number of nitrogens with two attached hydrogens (primary N) is 1. The van der Waals surface area contributed by atoms with Gasteiger partial charge in [-0.05, 0) is 12.1 Å². The number of nitrogens with one attached hydrogen (secondary N) is 1. The van der Waals surface area contributed by atoms with Crippen molar-refractivity contribution in [3.8, 4) is 0 Å². The molecule has 0 radical (unpaired) electrons. The largest absolute Gasteiger partial charge is 0.373 e. The highest BCUT2D eigenvalue weighted by Crippen LogP contribution is 2.04. The molecule has 13 heavy (non-hydrogen) atoms. The van der Waals surface area contributed by atoms with Gasteiger partial charge in [0.15, 0.2) is 0 Å². The van der Waals surface area contributed by atoms with E-state index in [0.717, 1.165) is 0 Å². The van der Waals surface area contributed by atoms with Crippen LogP contribution in [-0.2, 0) is 0 Å². The number of nitrogens with zero attached hydrogens (tertiary/aromatic N) is 1. The van der Waals surface area contributed by atoms with Gasteiger partial charge < -0.3 is 11.1 Å². The van der Waals surface area contributed by atoms with E-state index >= 15 is 0 Å². The number of pyridine rings is 1. The van der Waals surface area contributed by atoms with Crippen LogP contribution in [0.15, 0.2) is 18.3 Å². The zero-order chi connectivity index (χ0) is 10.3. The van der Waals surface area contributed by atoms with Crippen molar-refractivity contribution in [3.05, 3.63) is 23.9 Å². The summed E-state index contributed by atoms with van der Waals surface area (Å²) in [5, 5.41) is 2.80. The van der Waals surface area contributed by atoms with E-state index in [1.54, 1.807) is 19.2 Å². The van der Waals surface area contributed by atoms with Crippen LogP contribution in [0.1, 0.15) is 24.2 Å². The van der Waals surface area contributed by atoms with Crippen molar-refractivity contribution in [1.29, 1.82) is 0 Å². The first-order chi connectivity index (χ1) is 6.24. The van der Waals surface area contributed by atoms with Gasteiger partial charge in [-0.15, -0.1) is 0 Å². The van der Waals surface area contributed by atoms with Gasteiger partial charge in [0, 0.05) is 18.8 Å². The second kappa shape index (κ2) is 5.99. The van der Waals surface area contributed by atoms with Crippen LogP contribution in [0.2, 0.25) is 0 Å². The number of rotatable bonds is 2. The van der Waals surface area contributed by atoms with Gasteiger partial charge in [-0.2, -0.15) is 0 Å². The zero-order valence-corrected chi connectivity index (χ0v) is 8.16. The summed E-state index contributed by atoms with van der Waals surface area (Å²) in [5.41, 5.74) is 5.51. The fourth-order valence-corrected chi connectivity index (χ4v) is 0.721. The molecule has 4 heteroatoms. The molecule has 0 bridgehead atoms. The first-order valence-corrected chi connectivity index (χ1v) is 4.17. The van der Waals surface area contributed by atoms with Gasteiger partial charge in [0.2, 0.25) is 5.91 Å². The number of primary amides is 1. The number of hydrogen-bond donors (Lipinski definition) is 2. The SMILES string of the molecule is CC.CNc1cc(C(N)=O)ccn1. The van der Waals surface area contributed by atoms with Crippen molar-refractivity contribution in [1.82, 2.24) is 4.98 Å². The lowest BCUT2D eigenvalue weighted by Gasteiger charge is -1.98. The molecule has 0 atom stereocenters. The summed E-state index contributed by atoms with van der Waals surface area (Å²) in [7, 11) is 1.73. The lowest BCUT2D eigenvalue weighted by molar-refractivity contribution is 0.1000. The highest BCUT2D eigenvalue weighted by atomic mass is 16.1. The molecule has 1 rings (SSSR count). The molecule has 0 aromatic carbocycles. The summed E-state index contributed by atoms with van der Waals surface area (Å²) in [4.78, 5) is 14.6. The standard InChI is InChI=1S/C7H9N3O.C2H6/c1-9-6-4-5(7(8)11)2-3-10-6;1-2/h2-4H,1H3,(H2,8,11)(H,9,10);1-2H3. The van der Waals surface area contributed by atoms with Crippen LogP contribution >= 0.6 is 0 Å². The molecule has 0 aliphatic heterocycles. The average molecular weight is 181 g/mol. The number of carbonyl (C=O) groups is 1. The minimum absolute atomic E-state index is 0.441. The van der Waals surface area contributed by atoms with Gasteiger partial charge in [0.1, 0.15) is 5.82 Å². The zero-order valence-electron chi connectivity index (χ0n) is 8.16. The van der Waals surface area contributed by atoms with E-state index in [9.17, 15) is 4.79 Å². The fraction of sp³-hybridized carbons (Fsp3) is 0.333. The van der Waals surface area contributed by atoms with Crippen molar-refractivity contribution < 1.29 is 4.79 Å². The fourth-order valence-electron chi connectivity index (χ4n) is 0.721. The number of aromatic nitrogens is 1. The number of anilines is 1. The average Bonchev–Trinajstić information content (AvgIpc) is 2.21. The van der Waals surface area contributed by atoms with Crippen molar-refractivity contribution in [2.75, 3.05) is 12.4 Å². The van der Waals surface area contributed by atoms with Crippen molar-refractivity contribution in [2.24, 2.45) is 5.73 Å². The van der Waals surface area contributed by atoms with E-state index < -0.39 is 5.91 Å². The van der Waals surface area contributed by atoms with Crippen LogP contribution in [0, 0.1) is 0 Å². The molecule has 0 fully saturated rings. The van der Waals surface area contributed by atoms with Crippen LogP contribution in [0.25, 0.3) is 0 Å². The molecule has 0 unspecified atom stereocenters. The Morgan fingerprint density at radius 3 is 2.62 bits per heavy atom. The monoisotopic (exact) mass is 181 g/mol. The molecule has 3 N–H and O–H groups in total. The summed E-state index contributed by atoms with van der Waals surface area (Å²) in [6, 6.07) is 3.17. The highest BCUT2D eigenvalue weighted by molar-refractivity contribution is 5.93. The van der Waals surface area contributed by atoms with Crippen molar-refractivity contribution in [2.45, 2.75) is 13.8 Å². The minimum Gasteiger partial charge on any atom is -0.373 e. The van der Waals surface area contributed by atoms with Gasteiger partial charge in [-0.1, -0.05) is 13.8 Å². The van der Waals surface area contributed by atoms with Crippen molar-refractivity contribution in [3.63, 3.8) is 0 Å². The van der Waals surface area contributed by atoms with Gasteiger partial charge in [0.05, 0.1) is 0 Å². The van der Waals surface area contributed by atoms with E-state index in [1.807, 2.05) is 13.8 Å². The van der Waals surface area contributed by atoms with E-state index in [-0.39, 0.29) is 0 Å². The Kier molecular flexibility index (Phi) is 5.27. The molecule has 0 spiro atoms. The minimum atomic E-state index is -0.441. The van der Waals surface area contributed by atoms with Gasteiger partial charge in [-0.25, -0.2) is 4.98 Å². The molecule has 72 valence electrons. The maximum Gasteiger partial charge on any atom is 0.248 e. The second-order valence-electron chi connectivity index (χ2n) is 2.04. The normalized spacial score (nSPS) is 8.23. The Morgan fingerprint density at radius 2 is 2.15 bits per heavy atom. The molecule has 0 saturated carbocycles. The van der Waals surface area contributed by atoms with E-state index in [1.165, 1.54) is 6.20 Å². The van der Waals surface area contributed by atoms with Crippen molar-refractivity contribution >= 4 is 11.7 Å². The Morgan fingerprint density at radius 1 is 1.54 bits per heavy atom. The Balaban J connectivity index is 0.000000671. The second-order valence-corrected chi connectivity index (χ2v) is 2.04. The maximum absolute atomic E-state index is 10.6. The summed E-state index contributed by atoms with van der Waals surface area (Å²) in [6.07, 6.45) is 1.53. The summed E-state index contributed by atoms with van der Waals surface area (Å²) >= 11 is 0. The van der Waals surface area contributed by atoms with E-state index in [4.69, 9.17) is 5.73 Å². The van der Waals surface area contributed by atoms with Gasteiger partial charge in [-0.3, -0.25) is 4.79 Å². The van der Waals surface area contributed by atoms with Crippen LogP contribution in [0.5, 0.6) is 0 Å². The molecule has 1 aromatic heterocycles. The van der Waals surface area contributed by atoms with E-state index in [0.29, 0.717) is 11.4 Å². The number of amides is 1. The third kappa shape index (κ3) is 3.55. The van der Waals surface area contributed by atoms with E-state index in [2.05, 4.69) is 10.3 Å². The molecule has 4 nitrogen and oxygen atoms in total. The Hall–Kier alpha value is -1.58. The highest BCUT2D eigenvalue weighted by Gasteiger charge is 1.99. The Bertz CT molecular complexity index is 273. The summed E-state index contributed by atoms with van der Waals surface area (Å²) < 4.78 is 0. The van der Waals surface area contributed by atoms with Crippen LogP contribution < -0.4 is 11.1 Å². The van der Waals surface area contributed by atoms with Gasteiger partial charge in [0.25, 0.3) is 0 Å². The molecule has 0 aliphatic carbocycles. The molecule has 1 aromatic rings. The molecule has 1 heterocycles. The smallest absolute Gasteiger partial charge is 0.248 e. The van der Waals surface area contributed by atoms with Gasteiger partial charge >= 0.3 is 0 Å².